The van der Waals surface area contributed by atoms with Crippen LogP contribution in [0.1, 0.15) is 48.9 Å². The van der Waals surface area contributed by atoms with Crippen LogP contribution in [0.3, 0.4) is 0 Å². The summed E-state index contributed by atoms with van der Waals surface area (Å²) in [6.45, 7) is 5.09. The average molecular weight is 417 g/mol. The molecule has 0 bridgehead atoms. The molecule has 0 aliphatic carbocycles. The van der Waals surface area contributed by atoms with E-state index in [0.717, 1.165) is 23.3 Å². The molecule has 0 radical (unpaired) electrons. The quantitative estimate of drug-likeness (QED) is 0.602. The predicted molar refractivity (Wildman–Crippen MR) is 114 cm³/mol. The molecule has 1 aromatic heterocycles. The van der Waals surface area contributed by atoms with Crippen molar-refractivity contribution in [2.45, 2.75) is 38.8 Å². The summed E-state index contributed by atoms with van der Waals surface area (Å²) in [4.78, 5) is 22.7. The zero-order valence-corrected chi connectivity index (χ0v) is 17.3. The van der Waals surface area contributed by atoms with Gasteiger partial charge in [0.2, 0.25) is 0 Å². The lowest BCUT2D eigenvalue weighted by molar-refractivity contribution is 0.0938. The number of nitrogens with one attached hydrogen (secondary N) is 2. The fourth-order valence-electron chi connectivity index (χ4n) is 3.73. The summed E-state index contributed by atoms with van der Waals surface area (Å²) in [5, 5.41) is 4.22. The molecule has 2 atom stereocenters. The van der Waals surface area contributed by atoms with E-state index < -0.39 is 0 Å². The van der Waals surface area contributed by atoms with Gasteiger partial charge in [-0.2, -0.15) is 0 Å². The van der Waals surface area contributed by atoms with Gasteiger partial charge >= 0.3 is 0 Å². The molecule has 0 spiro atoms. The highest BCUT2D eigenvalue weighted by Crippen LogP contribution is 2.32. The van der Waals surface area contributed by atoms with Gasteiger partial charge in [-0.25, -0.2) is 4.98 Å². The number of H-pyrrole nitrogens is 1. The predicted octanol–water partition coefficient (Wildman–Crippen LogP) is 5.35. The first-order chi connectivity index (χ1) is 13.4. The van der Waals surface area contributed by atoms with E-state index >= 15 is 0 Å². The maximum absolute atomic E-state index is 12.7. The summed E-state index contributed by atoms with van der Waals surface area (Å²) in [5.41, 5.74) is 3.18. The number of hydrogen-bond donors (Lipinski definition) is 2. The van der Waals surface area contributed by atoms with Crippen molar-refractivity contribution in [1.82, 2.24) is 15.3 Å². The third kappa shape index (κ3) is 3.69. The molecular formula is C21H22Cl2N4O. The fraction of sp³-hybridized carbons (Fsp3) is 0.333. The molecule has 1 aliphatic rings. The summed E-state index contributed by atoms with van der Waals surface area (Å²) < 4.78 is 0. The average Bonchev–Trinajstić information content (AvgIpc) is 3.27. The number of rotatable bonds is 4. The van der Waals surface area contributed by atoms with Gasteiger partial charge in [0.1, 0.15) is 5.82 Å². The van der Waals surface area contributed by atoms with Crippen LogP contribution in [-0.4, -0.2) is 28.5 Å². The summed E-state index contributed by atoms with van der Waals surface area (Å²) in [5.74, 6) is 0.494. The molecule has 146 valence electrons. The number of hydrogen-bond acceptors (Lipinski definition) is 3. The van der Waals surface area contributed by atoms with E-state index in [1.54, 1.807) is 12.1 Å². The van der Waals surface area contributed by atoms with Crippen LogP contribution in [-0.2, 0) is 0 Å². The van der Waals surface area contributed by atoms with E-state index in [4.69, 9.17) is 23.2 Å². The number of carbonyl (C=O) groups excluding carboxylic acids is 1. The van der Waals surface area contributed by atoms with Gasteiger partial charge in [0, 0.05) is 23.2 Å². The minimum absolute atomic E-state index is 0.186. The maximum atomic E-state index is 12.7. The molecule has 1 fully saturated rings. The van der Waals surface area contributed by atoms with Gasteiger partial charge in [0.25, 0.3) is 5.91 Å². The Bertz CT molecular complexity index is 1030. The second kappa shape index (κ2) is 7.64. The number of imidazole rings is 1. The molecule has 4 rings (SSSR count). The van der Waals surface area contributed by atoms with Crippen LogP contribution in [0.4, 0.5) is 5.69 Å². The minimum Gasteiger partial charge on any atom is -0.368 e. The SMILES string of the molecule is CC1CCCN1c1ccc(C(=O)N[C@@H](C)c2nc3ccc(Cl)cc3[nH]2)cc1Cl. The lowest BCUT2D eigenvalue weighted by atomic mass is 10.1. The highest BCUT2D eigenvalue weighted by molar-refractivity contribution is 6.33. The van der Waals surface area contributed by atoms with Crippen LogP contribution in [0.5, 0.6) is 0 Å². The second-order valence-electron chi connectivity index (χ2n) is 7.33. The molecule has 1 unspecified atom stereocenters. The number of amides is 1. The first-order valence-corrected chi connectivity index (χ1v) is 10.2. The number of nitrogens with zero attached hydrogens (tertiary/aromatic N) is 2. The van der Waals surface area contributed by atoms with Crippen molar-refractivity contribution in [2.24, 2.45) is 0 Å². The lowest BCUT2D eigenvalue weighted by Gasteiger charge is -2.25. The standard InChI is InChI=1S/C21H22Cl2N4O/c1-12-4-3-9-27(12)19-8-5-14(10-16(19)23)21(28)24-13(2)20-25-17-7-6-15(22)11-18(17)26-20/h5-8,10-13H,3-4,9H2,1-2H3,(H,24,28)(H,25,26)/t12?,13-/m0/s1. The Labute approximate surface area is 174 Å². The summed E-state index contributed by atoms with van der Waals surface area (Å²) in [6.07, 6.45) is 2.33. The van der Waals surface area contributed by atoms with Crippen molar-refractivity contribution in [3.63, 3.8) is 0 Å². The lowest BCUT2D eigenvalue weighted by Crippen LogP contribution is -2.28. The van der Waals surface area contributed by atoms with Gasteiger partial charge in [-0.05, 0) is 63.1 Å². The Morgan fingerprint density at radius 2 is 2.11 bits per heavy atom. The number of carbonyl (C=O) groups is 1. The van der Waals surface area contributed by atoms with Crippen LogP contribution in [0.2, 0.25) is 10.0 Å². The Morgan fingerprint density at radius 3 is 2.82 bits per heavy atom. The third-order valence-corrected chi connectivity index (χ3v) is 5.83. The highest BCUT2D eigenvalue weighted by Gasteiger charge is 2.23. The summed E-state index contributed by atoms with van der Waals surface area (Å²) >= 11 is 12.5. The van der Waals surface area contributed by atoms with E-state index in [9.17, 15) is 4.79 Å². The number of fused-ring (bicyclic) bond motifs is 1. The Hall–Kier alpha value is -2.24. The Balaban J connectivity index is 1.50. The largest absolute Gasteiger partial charge is 0.368 e. The first-order valence-electron chi connectivity index (χ1n) is 9.44. The molecule has 2 N–H and O–H groups in total. The van der Waals surface area contributed by atoms with Gasteiger partial charge in [0.05, 0.1) is 27.8 Å². The van der Waals surface area contributed by atoms with Crippen molar-refractivity contribution < 1.29 is 4.79 Å². The summed E-state index contributed by atoms with van der Waals surface area (Å²) in [6, 6.07) is 11.2. The molecule has 2 heterocycles. The molecule has 1 aliphatic heterocycles. The number of benzene rings is 2. The minimum atomic E-state index is -0.282. The molecule has 3 aromatic rings. The molecule has 0 saturated carbocycles. The first kappa shape index (κ1) is 19.1. The smallest absolute Gasteiger partial charge is 0.251 e. The monoisotopic (exact) mass is 416 g/mol. The molecule has 1 saturated heterocycles. The second-order valence-corrected chi connectivity index (χ2v) is 8.17. The van der Waals surface area contributed by atoms with Gasteiger partial charge in [-0.15, -0.1) is 0 Å². The topological polar surface area (TPSA) is 61.0 Å². The van der Waals surface area contributed by atoms with E-state index in [0.29, 0.717) is 27.5 Å². The van der Waals surface area contributed by atoms with Crippen LogP contribution in [0.15, 0.2) is 36.4 Å². The van der Waals surface area contributed by atoms with Crippen molar-refractivity contribution in [3.05, 3.63) is 57.8 Å². The van der Waals surface area contributed by atoms with Crippen molar-refractivity contribution in [2.75, 3.05) is 11.4 Å². The fourth-order valence-corrected chi connectivity index (χ4v) is 4.19. The van der Waals surface area contributed by atoms with E-state index in [-0.39, 0.29) is 11.9 Å². The number of anilines is 1. The van der Waals surface area contributed by atoms with E-state index in [1.165, 1.54) is 12.8 Å². The van der Waals surface area contributed by atoms with Crippen LogP contribution in [0, 0.1) is 0 Å². The molecule has 1 amide bonds. The number of halogens is 2. The Kier molecular flexibility index (Phi) is 5.21. The van der Waals surface area contributed by atoms with Crippen molar-refractivity contribution in [3.8, 4) is 0 Å². The van der Waals surface area contributed by atoms with Crippen LogP contribution in [0.25, 0.3) is 11.0 Å². The molecule has 7 heteroatoms. The maximum Gasteiger partial charge on any atom is 0.251 e. The van der Waals surface area contributed by atoms with Gasteiger partial charge in [-0.3, -0.25) is 4.79 Å². The highest BCUT2D eigenvalue weighted by atomic mass is 35.5. The van der Waals surface area contributed by atoms with Crippen molar-refractivity contribution >= 4 is 45.8 Å². The van der Waals surface area contributed by atoms with E-state index in [1.807, 2.05) is 31.2 Å². The Morgan fingerprint density at radius 1 is 1.29 bits per heavy atom. The van der Waals surface area contributed by atoms with Crippen molar-refractivity contribution in [1.29, 1.82) is 0 Å². The number of aromatic amines is 1. The molecule has 5 nitrogen and oxygen atoms in total. The zero-order valence-electron chi connectivity index (χ0n) is 15.8. The zero-order chi connectivity index (χ0) is 19.8. The molecule has 2 aromatic carbocycles. The van der Waals surface area contributed by atoms with Gasteiger partial charge in [0.15, 0.2) is 0 Å². The molecule has 28 heavy (non-hydrogen) atoms. The van der Waals surface area contributed by atoms with Gasteiger partial charge in [-0.1, -0.05) is 23.2 Å². The third-order valence-electron chi connectivity index (χ3n) is 5.29. The molecular weight excluding hydrogens is 395 g/mol. The summed E-state index contributed by atoms with van der Waals surface area (Å²) in [7, 11) is 0. The van der Waals surface area contributed by atoms with Crippen LogP contribution < -0.4 is 10.2 Å². The van der Waals surface area contributed by atoms with E-state index in [2.05, 4.69) is 27.1 Å². The normalized spacial score (nSPS) is 17.9. The van der Waals surface area contributed by atoms with Crippen LogP contribution >= 0.6 is 23.2 Å². The van der Waals surface area contributed by atoms with Gasteiger partial charge < -0.3 is 15.2 Å². The number of aromatic nitrogens is 2.